The van der Waals surface area contributed by atoms with Crippen LogP contribution in [0.4, 0.5) is 30.5 Å². The molecule has 1 N–H and O–H groups in total. The summed E-state index contributed by atoms with van der Waals surface area (Å²) >= 11 is 2.04. The minimum absolute atomic E-state index is 0.0131. The van der Waals surface area contributed by atoms with Crippen molar-refractivity contribution < 1.29 is 27.5 Å². The maximum atomic E-state index is 12.8. The number of anilines is 3. The minimum Gasteiger partial charge on any atom is -0.376 e. The third-order valence-electron chi connectivity index (χ3n) is 7.45. The molecular formula is C26H34F3IN10O3. The van der Waals surface area contributed by atoms with Gasteiger partial charge in [-0.15, -0.1) is 5.10 Å². The number of halogens is 4. The molecule has 0 bridgehead atoms. The lowest BCUT2D eigenvalue weighted by molar-refractivity contribution is -0.154. The summed E-state index contributed by atoms with van der Waals surface area (Å²) in [5.74, 6) is -0.210. The van der Waals surface area contributed by atoms with E-state index in [2.05, 4.69) is 25.4 Å². The first-order chi connectivity index (χ1) is 20.5. The Morgan fingerprint density at radius 2 is 1.95 bits per heavy atom. The zero-order chi connectivity index (χ0) is 30.7. The summed E-state index contributed by atoms with van der Waals surface area (Å²) in [7, 11) is 3.86. The second-order valence-electron chi connectivity index (χ2n) is 10.8. The number of hydrogen-bond acceptors (Lipinski definition) is 9. The van der Waals surface area contributed by atoms with Gasteiger partial charge in [-0.3, -0.25) is 14.3 Å². The van der Waals surface area contributed by atoms with Crippen molar-refractivity contribution in [2.24, 2.45) is 0 Å². The largest absolute Gasteiger partial charge is 0.389 e. The smallest absolute Gasteiger partial charge is 0.376 e. The fourth-order valence-corrected chi connectivity index (χ4v) is 6.18. The van der Waals surface area contributed by atoms with Crippen molar-refractivity contribution in [3.63, 3.8) is 0 Å². The van der Waals surface area contributed by atoms with Crippen LogP contribution in [0, 0.1) is 0 Å². The summed E-state index contributed by atoms with van der Waals surface area (Å²) in [6.45, 7) is 4.02. The van der Waals surface area contributed by atoms with E-state index in [0.717, 1.165) is 18.8 Å². The van der Waals surface area contributed by atoms with E-state index in [4.69, 9.17) is 4.74 Å². The molecule has 5 rings (SSSR count). The molecule has 2 aliphatic heterocycles. The molecule has 234 valence electrons. The van der Waals surface area contributed by atoms with Gasteiger partial charge >= 0.3 is 6.18 Å². The molecule has 2 atom stereocenters. The number of morpholine rings is 1. The normalized spacial score (nSPS) is 20.0. The molecule has 3 aromatic heterocycles. The Morgan fingerprint density at radius 1 is 1.19 bits per heavy atom. The van der Waals surface area contributed by atoms with Crippen LogP contribution in [-0.4, -0.2) is 127 Å². The van der Waals surface area contributed by atoms with Crippen LogP contribution in [0.1, 0.15) is 12.8 Å². The van der Waals surface area contributed by atoms with Crippen LogP contribution in [0.25, 0.3) is 5.65 Å². The van der Waals surface area contributed by atoms with E-state index >= 15 is 0 Å². The van der Waals surface area contributed by atoms with Gasteiger partial charge in [0.15, 0.2) is 5.65 Å². The van der Waals surface area contributed by atoms with Crippen molar-refractivity contribution in [1.82, 2.24) is 39.1 Å². The highest BCUT2D eigenvalue weighted by Crippen LogP contribution is 2.27. The van der Waals surface area contributed by atoms with Crippen molar-refractivity contribution in [1.29, 1.82) is 0 Å². The standard InChI is InChI=1S/C26H34F3IN10O3/c1-35-8-10-37(11-9-35)23(42)15-38-13-18(12-31-38)32-25-33-24-20(4-3-7-39(24)34-25)36(2)14-19-16-43-17-21(30)40(19)22(41)5-6-26(27,28)29/h3-4,7,12-13,19,21H,5-6,8-11,14-17H2,1-2H3,(H,32,34). The lowest BCUT2D eigenvalue weighted by Crippen LogP contribution is -2.56. The van der Waals surface area contributed by atoms with Crippen LogP contribution >= 0.6 is 22.6 Å². The van der Waals surface area contributed by atoms with Crippen LogP contribution in [0.3, 0.4) is 0 Å². The first kappa shape index (κ1) is 31.2. The Bertz CT molecular complexity index is 1420. The number of rotatable bonds is 9. The summed E-state index contributed by atoms with van der Waals surface area (Å²) < 4.78 is 46.8. The van der Waals surface area contributed by atoms with Gasteiger partial charge in [-0.1, -0.05) is 22.6 Å². The zero-order valence-corrected chi connectivity index (χ0v) is 26.0. The zero-order valence-electron chi connectivity index (χ0n) is 23.9. The third kappa shape index (κ3) is 7.86. The van der Waals surface area contributed by atoms with E-state index in [1.54, 1.807) is 27.8 Å². The van der Waals surface area contributed by atoms with E-state index in [0.29, 0.717) is 36.9 Å². The van der Waals surface area contributed by atoms with Gasteiger partial charge in [0.25, 0.3) is 0 Å². The first-order valence-corrected chi connectivity index (χ1v) is 15.1. The molecule has 43 heavy (non-hydrogen) atoms. The average molecular weight is 719 g/mol. The highest BCUT2D eigenvalue weighted by molar-refractivity contribution is 14.1. The Balaban J connectivity index is 1.24. The van der Waals surface area contributed by atoms with Crippen LogP contribution in [0.2, 0.25) is 0 Å². The van der Waals surface area contributed by atoms with E-state index in [9.17, 15) is 22.8 Å². The average Bonchev–Trinajstić information content (AvgIpc) is 3.57. The second kappa shape index (κ2) is 13.2. The number of aromatic nitrogens is 5. The molecule has 2 fully saturated rings. The molecule has 0 aliphatic carbocycles. The second-order valence-corrected chi connectivity index (χ2v) is 12.2. The highest BCUT2D eigenvalue weighted by Gasteiger charge is 2.36. The fourth-order valence-electron chi connectivity index (χ4n) is 5.16. The number of piperazine rings is 1. The Labute approximate surface area is 260 Å². The Morgan fingerprint density at radius 3 is 2.70 bits per heavy atom. The maximum absolute atomic E-state index is 12.8. The number of nitrogens with zero attached hydrogens (tertiary/aromatic N) is 9. The Kier molecular flexibility index (Phi) is 9.60. The summed E-state index contributed by atoms with van der Waals surface area (Å²) in [5.41, 5.74) is 1.88. The molecular weight excluding hydrogens is 684 g/mol. The van der Waals surface area contributed by atoms with Crippen LogP contribution in [0.5, 0.6) is 0 Å². The topological polar surface area (TPSA) is 116 Å². The number of nitrogens with one attached hydrogen (secondary N) is 1. The molecule has 0 saturated carbocycles. The number of carbonyl (C=O) groups excluding carboxylic acids is 2. The number of likely N-dealkylation sites (N-methyl/N-ethyl adjacent to an activating group) is 2. The van der Waals surface area contributed by atoms with Crippen LogP contribution in [0.15, 0.2) is 30.7 Å². The van der Waals surface area contributed by atoms with Crippen LogP contribution in [-0.2, 0) is 20.9 Å². The van der Waals surface area contributed by atoms with Gasteiger partial charge in [0.1, 0.15) is 10.6 Å². The molecule has 5 heterocycles. The number of carbonyl (C=O) groups is 2. The summed E-state index contributed by atoms with van der Waals surface area (Å²) in [6.07, 6.45) is -1.08. The fraction of sp³-hybridized carbons (Fsp3) is 0.577. The molecule has 2 aliphatic rings. The Hall–Kier alpha value is -3.19. The number of fused-ring (bicyclic) bond motifs is 1. The van der Waals surface area contributed by atoms with Gasteiger partial charge in [-0.2, -0.15) is 23.3 Å². The highest BCUT2D eigenvalue weighted by atomic mass is 127. The predicted molar refractivity (Wildman–Crippen MR) is 160 cm³/mol. The van der Waals surface area contributed by atoms with Crippen molar-refractivity contribution in [2.75, 3.05) is 70.2 Å². The van der Waals surface area contributed by atoms with Gasteiger partial charge in [0, 0.05) is 58.6 Å². The van der Waals surface area contributed by atoms with Gasteiger partial charge in [-0.05, 0) is 19.2 Å². The molecule has 2 unspecified atom stereocenters. The van der Waals surface area contributed by atoms with Gasteiger partial charge < -0.3 is 29.7 Å². The van der Waals surface area contributed by atoms with Gasteiger partial charge in [-0.25, -0.2) is 4.52 Å². The lowest BCUT2D eigenvalue weighted by Gasteiger charge is -2.41. The van der Waals surface area contributed by atoms with Crippen LogP contribution < -0.4 is 10.2 Å². The predicted octanol–water partition coefficient (Wildman–Crippen LogP) is 2.21. The summed E-state index contributed by atoms with van der Waals surface area (Å²) in [6, 6.07) is 3.22. The third-order valence-corrected chi connectivity index (χ3v) is 8.41. The van der Waals surface area contributed by atoms with Crippen molar-refractivity contribution >= 4 is 57.4 Å². The molecule has 0 spiro atoms. The van der Waals surface area contributed by atoms with Gasteiger partial charge in [0.2, 0.25) is 17.8 Å². The molecule has 0 aromatic carbocycles. The van der Waals surface area contributed by atoms with E-state index in [1.165, 1.54) is 4.90 Å². The van der Waals surface area contributed by atoms with E-state index in [-0.39, 0.29) is 29.7 Å². The lowest BCUT2D eigenvalue weighted by atomic mass is 10.1. The molecule has 17 heteroatoms. The van der Waals surface area contributed by atoms with Crippen molar-refractivity contribution in [2.45, 2.75) is 35.7 Å². The first-order valence-electron chi connectivity index (χ1n) is 13.9. The number of ether oxygens (including phenoxy) is 1. The molecule has 13 nitrogen and oxygen atoms in total. The van der Waals surface area contributed by atoms with Crippen molar-refractivity contribution in [3.8, 4) is 0 Å². The van der Waals surface area contributed by atoms with Gasteiger partial charge in [0.05, 0.1) is 43.2 Å². The van der Waals surface area contributed by atoms with E-state index < -0.39 is 31.0 Å². The maximum Gasteiger partial charge on any atom is 0.389 e. The number of amides is 2. The molecule has 0 radical (unpaired) electrons. The summed E-state index contributed by atoms with van der Waals surface area (Å²) in [5, 5.41) is 11.9. The molecule has 2 saturated heterocycles. The molecule has 3 aromatic rings. The molecule has 2 amide bonds. The van der Waals surface area contributed by atoms with E-state index in [1.807, 2.05) is 58.6 Å². The monoisotopic (exact) mass is 718 g/mol. The minimum atomic E-state index is -4.40. The van der Waals surface area contributed by atoms with Crippen molar-refractivity contribution in [3.05, 3.63) is 30.7 Å². The number of alkyl halides is 4. The quantitative estimate of drug-likeness (QED) is 0.202. The SMILES string of the molecule is CN1CCN(C(=O)Cn2cc(Nc3nc4c(N(C)CC5COCC(I)N5C(=O)CCC(F)(F)F)cccn4n3)cn2)CC1. The number of pyridine rings is 1. The summed E-state index contributed by atoms with van der Waals surface area (Å²) in [4.78, 5) is 37.6. The number of hydrogen-bond donors (Lipinski definition) is 1.